The lowest BCUT2D eigenvalue weighted by Gasteiger charge is -2.29. The zero-order valence-electron chi connectivity index (χ0n) is 10.1. The first-order valence-corrected chi connectivity index (χ1v) is 6.25. The van der Waals surface area contributed by atoms with Gasteiger partial charge in [-0.15, -0.1) is 11.8 Å². The fourth-order valence-corrected chi connectivity index (χ4v) is 2.62. The maximum absolute atomic E-state index is 5.82. The van der Waals surface area contributed by atoms with Gasteiger partial charge in [-0.2, -0.15) is 0 Å². The lowest BCUT2D eigenvalue weighted by atomic mass is 9.92. The molecular formula is C13H21NS. The van der Waals surface area contributed by atoms with Gasteiger partial charge in [0.15, 0.2) is 0 Å². The predicted molar refractivity (Wildman–Crippen MR) is 69.3 cm³/mol. The van der Waals surface area contributed by atoms with Crippen LogP contribution >= 0.6 is 11.8 Å². The number of rotatable bonds is 3. The van der Waals surface area contributed by atoms with Crippen molar-refractivity contribution in [3.05, 3.63) is 29.8 Å². The smallest absolute Gasteiger partial charge is 0.0265 e. The highest BCUT2D eigenvalue weighted by molar-refractivity contribution is 8.00. The minimum atomic E-state index is 0.253. The molecular weight excluding hydrogens is 202 g/mol. The van der Waals surface area contributed by atoms with E-state index in [1.165, 1.54) is 10.5 Å². The van der Waals surface area contributed by atoms with Crippen LogP contribution in [0.4, 0.5) is 0 Å². The van der Waals surface area contributed by atoms with Crippen LogP contribution in [0.2, 0.25) is 0 Å². The molecule has 0 fully saturated rings. The van der Waals surface area contributed by atoms with Crippen molar-refractivity contribution in [2.45, 2.75) is 37.8 Å². The van der Waals surface area contributed by atoms with Crippen LogP contribution in [-0.2, 0) is 0 Å². The van der Waals surface area contributed by atoms with Crippen LogP contribution in [-0.4, -0.2) is 11.8 Å². The lowest BCUT2D eigenvalue weighted by molar-refractivity contribution is 0.398. The molecule has 0 aliphatic carbocycles. The molecule has 0 radical (unpaired) electrons. The van der Waals surface area contributed by atoms with Gasteiger partial charge in [0.25, 0.3) is 0 Å². The van der Waals surface area contributed by atoms with Gasteiger partial charge in [0.2, 0.25) is 0 Å². The number of hydrogen-bond acceptors (Lipinski definition) is 2. The van der Waals surface area contributed by atoms with Crippen LogP contribution in [0.15, 0.2) is 29.2 Å². The summed E-state index contributed by atoms with van der Waals surface area (Å²) >= 11 is 1.88. The van der Waals surface area contributed by atoms with Gasteiger partial charge in [-0.05, 0) is 24.5 Å². The van der Waals surface area contributed by atoms with E-state index in [4.69, 9.17) is 5.73 Å². The molecule has 1 atom stereocenters. The second-order valence-electron chi connectivity index (χ2n) is 5.02. The van der Waals surface area contributed by atoms with E-state index in [9.17, 15) is 0 Å². The quantitative estimate of drug-likeness (QED) is 0.794. The molecule has 2 heteroatoms. The van der Waals surface area contributed by atoms with E-state index in [2.05, 4.69) is 52.0 Å². The Bertz CT molecular complexity index is 315. The maximum atomic E-state index is 5.82. The Labute approximate surface area is 97.4 Å². The average Bonchev–Trinajstić information content (AvgIpc) is 2.12. The van der Waals surface area contributed by atoms with Gasteiger partial charge in [-0.25, -0.2) is 0 Å². The second kappa shape index (κ2) is 5.04. The molecule has 0 saturated carbocycles. The largest absolute Gasteiger partial charge is 0.329 e. The van der Waals surface area contributed by atoms with Crippen molar-refractivity contribution in [2.24, 2.45) is 11.1 Å². The highest BCUT2D eigenvalue weighted by Gasteiger charge is 2.24. The summed E-state index contributed by atoms with van der Waals surface area (Å²) in [4.78, 5) is 1.32. The summed E-state index contributed by atoms with van der Waals surface area (Å²) in [5.74, 6) is 0. The summed E-state index contributed by atoms with van der Waals surface area (Å²) in [5.41, 5.74) is 7.39. The number of aryl methyl sites for hydroxylation is 1. The molecule has 0 heterocycles. The summed E-state index contributed by atoms with van der Waals surface area (Å²) in [7, 11) is 0. The molecule has 84 valence electrons. The molecule has 0 bridgehead atoms. The molecule has 0 saturated heterocycles. The van der Waals surface area contributed by atoms with Gasteiger partial charge < -0.3 is 5.73 Å². The number of hydrogen-bond donors (Lipinski definition) is 1. The molecule has 2 N–H and O–H groups in total. The van der Waals surface area contributed by atoms with E-state index in [-0.39, 0.29) is 5.41 Å². The Morgan fingerprint density at radius 1 is 1.33 bits per heavy atom. The van der Waals surface area contributed by atoms with E-state index in [1.807, 2.05) is 11.8 Å². The Hall–Kier alpha value is -0.470. The van der Waals surface area contributed by atoms with E-state index >= 15 is 0 Å². The SMILES string of the molecule is Cc1cccc(SC(CN)C(C)(C)C)c1. The van der Waals surface area contributed by atoms with Crippen molar-refractivity contribution in [3.63, 3.8) is 0 Å². The van der Waals surface area contributed by atoms with Crippen LogP contribution in [0.25, 0.3) is 0 Å². The fraction of sp³-hybridized carbons (Fsp3) is 0.538. The van der Waals surface area contributed by atoms with Crippen LogP contribution in [0.5, 0.6) is 0 Å². The zero-order chi connectivity index (χ0) is 11.5. The van der Waals surface area contributed by atoms with Gasteiger partial charge >= 0.3 is 0 Å². The summed E-state index contributed by atoms with van der Waals surface area (Å²) in [6.07, 6.45) is 0. The average molecular weight is 223 g/mol. The van der Waals surface area contributed by atoms with E-state index in [1.54, 1.807) is 0 Å². The van der Waals surface area contributed by atoms with Crippen LogP contribution in [0.1, 0.15) is 26.3 Å². The van der Waals surface area contributed by atoms with E-state index in [0.717, 1.165) is 6.54 Å². The minimum Gasteiger partial charge on any atom is -0.329 e. The summed E-state index contributed by atoms with van der Waals surface area (Å²) in [6.45, 7) is 9.58. The number of benzene rings is 1. The Balaban J connectivity index is 2.76. The highest BCUT2D eigenvalue weighted by Crippen LogP contribution is 2.34. The molecule has 15 heavy (non-hydrogen) atoms. The third kappa shape index (κ3) is 3.88. The Kier molecular flexibility index (Phi) is 4.23. The van der Waals surface area contributed by atoms with Gasteiger partial charge in [-0.1, -0.05) is 38.5 Å². The van der Waals surface area contributed by atoms with Crippen molar-refractivity contribution in [2.75, 3.05) is 6.54 Å². The molecule has 1 rings (SSSR count). The first-order chi connectivity index (χ1) is 6.93. The van der Waals surface area contributed by atoms with E-state index in [0.29, 0.717) is 5.25 Å². The monoisotopic (exact) mass is 223 g/mol. The molecule has 0 amide bonds. The Morgan fingerprint density at radius 2 is 2.00 bits per heavy atom. The van der Waals surface area contributed by atoms with Gasteiger partial charge in [0.1, 0.15) is 0 Å². The predicted octanol–water partition coefficient (Wildman–Crippen LogP) is 3.46. The summed E-state index contributed by atoms with van der Waals surface area (Å²) in [6, 6.07) is 8.61. The number of thioether (sulfide) groups is 1. The zero-order valence-corrected chi connectivity index (χ0v) is 10.9. The Morgan fingerprint density at radius 3 is 2.47 bits per heavy atom. The van der Waals surface area contributed by atoms with Gasteiger partial charge in [-0.3, -0.25) is 0 Å². The van der Waals surface area contributed by atoms with Crippen molar-refractivity contribution in [1.82, 2.24) is 0 Å². The van der Waals surface area contributed by atoms with Crippen LogP contribution in [0, 0.1) is 12.3 Å². The van der Waals surface area contributed by atoms with Crippen molar-refractivity contribution < 1.29 is 0 Å². The van der Waals surface area contributed by atoms with Crippen molar-refractivity contribution in [3.8, 4) is 0 Å². The molecule has 1 aromatic carbocycles. The molecule has 0 aromatic heterocycles. The summed E-state index contributed by atoms with van der Waals surface area (Å²) in [5, 5.41) is 0.472. The van der Waals surface area contributed by atoms with Crippen molar-refractivity contribution in [1.29, 1.82) is 0 Å². The lowest BCUT2D eigenvalue weighted by Crippen LogP contribution is -2.30. The van der Waals surface area contributed by atoms with Gasteiger partial charge in [0, 0.05) is 16.7 Å². The maximum Gasteiger partial charge on any atom is 0.0265 e. The standard InChI is InChI=1S/C13H21NS/c1-10-6-5-7-11(8-10)15-12(9-14)13(2,3)4/h5-8,12H,9,14H2,1-4H3. The topological polar surface area (TPSA) is 26.0 Å². The third-order valence-corrected chi connectivity index (χ3v) is 4.16. The second-order valence-corrected chi connectivity index (χ2v) is 6.30. The first-order valence-electron chi connectivity index (χ1n) is 5.37. The van der Waals surface area contributed by atoms with Gasteiger partial charge in [0.05, 0.1) is 0 Å². The molecule has 0 aliphatic heterocycles. The van der Waals surface area contributed by atoms with Crippen molar-refractivity contribution >= 4 is 11.8 Å². The van der Waals surface area contributed by atoms with Crippen LogP contribution in [0.3, 0.4) is 0 Å². The first kappa shape index (κ1) is 12.6. The minimum absolute atomic E-state index is 0.253. The molecule has 1 nitrogen and oxygen atoms in total. The highest BCUT2D eigenvalue weighted by atomic mass is 32.2. The summed E-state index contributed by atoms with van der Waals surface area (Å²) < 4.78 is 0. The molecule has 1 aromatic rings. The number of nitrogens with two attached hydrogens (primary N) is 1. The third-order valence-electron chi connectivity index (χ3n) is 2.45. The van der Waals surface area contributed by atoms with E-state index < -0.39 is 0 Å². The normalized spacial score (nSPS) is 13.9. The molecule has 1 unspecified atom stereocenters. The van der Waals surface area contributed by atoms with Crippen LogP contribution < -0.4 is 5.73 Å². The molecule has 0 spiro atoms. The molecule has 0 aliphatic rings. The fourth-order valence-electron chi connectivity index (χ4n) is 1.43.